The molecule has 3 nitrogen and oxygen atoms in total. The molecule has 0 fully saturated rings. The van der Waals surface area contributed by atoms with Crippen LogP contribution in [0.1, 0.15) is 65.9 Å². The van der Waals surface area contributed by atoms with E-state index < -0.39 is 0 Å². The number of hydrogen-bond acceptors (Lipinski definition) is 3. The van der Waals surface area contributed by atoms with Crippen LogP contribution in [0, 0.1) is 0 Å². The highest BCUT2D eigenvalue weighted by Crippen LogP contribution is 2.31. The number of benzene rings is 2. The summed E-state index contributed by atoms with van der Waals surface area (Å²) in [6.07, 6.45) is 2.79. The molecule has 2 aromatic carbocycles. The van der Waals surface area contributed by atoms with Crippen molar-refractivity contribution in [2.45, 2.75) is 53.4 Å². The summed E-state index contributed by atoms with van der Waals surface area (Å²) in [7, 11) is 0. The van der Waals surface area contributed by atoms with Crippen LogP contribution in [0.15, 0.2) is 24.3 Å². The van der Waals surface area contributed by atoms with Gasteiger partial charge in [0.2, 0.25) is 0 Å². The van der Waals surface area contributed by atoms with Crippen molar-refractivity contribution in [2.75, 3.05) is 0 Å². The molecule has 0 saturated carbocycles. The maximum atomic E-state index is 13.0. The second-order valence-corrected chi connectivity index (χ2v) is 6.04. The van der Waals surface area contributed by atoms with Crippen LogP contribution in [0.2, 0.25) is 0 Å². The standard InChI is InChI=1S/C21H26O3/c1-5-13-9-14(6-2)20(23)18(10-13)21(24)17-11-15(7-3)19(22)16(8-4)12-17/h9-12,22-23H,5-8H2,1-4H3. The van der Waals surface area contributed by atoms with Crippen LogP contribution < -0.4 is 0 Å². The Kier molecular flexibility index (Phi) is 5.66. The topological polar surface area (TPSA) is 57.5 Å². The smallest absolute Gasteiger partial charge is 0.196 e. The van der Waals surface area contributed by atoms with Crippen molar-refractivity contribution in [3.8, 4) is 11.5 Å². The third kappa shape index (κ3) is 3.30. The van der Waals surface area contributed by atoms with Gasteiger partial charge >= 0.3 is 0 Å². The van der Waals surface area contributed by atoms with E-state index in [2.05, 4.69) is 0 Å². The lowest BCUT2D eigenvalue weighted by molar-refractivity contribution is 0.103. The molecule has 0 saturated heterocycles. The Morgan fingerprint density at radius 3 is 1.71 bits per heavy atom. The average molecular weight is 326 g/mol. The summed E-state index contributed by atoms with van der Waals surface area (Å²) in [5, 5.41) is 20.7. The zero-order valence-electron chi connectivity index (χ0n) is 14.9. The van der Waals surface area contributed by atoms with Crippen LogP contribution >= 0.6 is 0 Å². The van der Waals surface area contributed by atoms with E-state index in [1.165, 1.54) is 0 Å². The normalized spacial score (nSPS) is 10.8. The Balaban J connectivity index is 2.61. The van der Waals surface area contributed by atoms with Crippen LogP contribution in [0.25, 0.3) is 0 Å². The first kappa shape index (κ1) is 18.1. The zero-order chi connectivity index (χ0) is 17.9. The van der Waals surface area contributed by atoms with Crippen molar-refractivity contribution in [3.05, 3.63) is 57.6 Å². The van der Waals surface area contributed by atoms with Crippen molar-refractivity contribution in [1.82, 2.24) is 0 Å². The Bertz CT molecular complexity index is 735. The molecule has 24 heavy (non-hydrogen) atoms. The van der Waals surface area contributed by atoms with Gasteiger partial charge < -0.3 is 10.2 Å². The average Bonchev–Trinajstić information content (AvgIpc) is 2.61. The number of hydrogen-bond donors (Lipinski definition) is 2. The van der Waals surface area contributed by atoms with Crippen LogP contribution in [-0.2, 0) is 25.7 Å². The molecule has 2 N–H and O–H groups in total. The van der Waals surface area contributed by atoms with Crippen LogP contribution in [-0.4, -0.2) is 16.0 Å². The van der Waals surface area contributed by atoms with Crippen LogP contribution in [0.4, 0.5) is 0 Å². The van der Waals surface area contributed by atoms with Crippen molar-refractivity contribution >= 4 is 5.78 Å². The number of rotatable bonds is 6. The Morgan fingerprint density at radius 2 is 1.25 bits per heavy atom. The number of carbonyl (C=O) groups excluding carboxylic acids is 1. The maximum absolute atomic E-state index is 13.0. The summed E-state index contributed by atoms with van der Waals surface area (Å²) in [6, 6.07) is 7.21. The van der Waals surface area contributed by atoms with Gasteiger partial charge in [0.25, 0.3) is 0 Å². The number of aryl methyl sites for hydroxylation is 4. The van der Waals surface area contributed by atoms with Gasteiger partial charge in [0.05, 0.1) is 5.56 Å². The largest absolute Gasteiger partial charge is 0.507 e. The summed E-state index contributed by atoms with van der Waals surface area (Å²) < 4.78 is 0. The molecule has 0 aliphatic heterocycles. The molecule has 0 bridgehead atoms. The molecule has 0 spiro atoms. The number of phenols is 2. The van der Waals surface area contributed by atoms with Crippen molar-refractivity contribution in [1.29, 1.82) is 0 Å². The van der Waals surface area contributed by atoms with E-state index in [9.17, 15) is 15.0 Å². The van der Waals surface area contributed by atoms with Crippen LogP contribution in [0.3, 0.4) is 0 Å². The van der Waals surface area contributed by atoms with Gasteiger partial charge in [0.15, 0.2) is 5.78 Å². The molecule has 0 atom stereocenters. The van der Waals surface area contributed by atoms with Gasteiger partial charge in [-0.3, -0.25) is 4.79 Å². The number of carbonyl (C=O) groups is 1. The van der Waals surface area contributed by atoms with E-state index >= 15 is 0 Å². The maximum Gasteiger partial charge on any atom is 0.196 e. The quantitative estimate of drug-likeness (QED) is 0.764. The first-order valence-electron chi connectivity index (χ1n) is 8.70. The second kappa shape index (κ2) is 7.52. The van der Waals surface area contributed by atoms with E-state index in [0.29, 0.717) is 30.4 Å². The highest BCUT2D eigenvalue weighted by Gasteiger charge is 2.19. The minimum Gasteiger partial charge on any atom is -0.507 e. The van der Waals surface area contributed by atoms with Gasteiger partial charge in [0, 0.05) is 5.56 Å². The van der Waals surface area contributed by atoms with E-state index in [4.69, 9.17) is 0 Å². The first-order valence-corrected chi connectivity index (χ1v) is 8.70. The SMILES string of the molecule is CCc1cc(CC)c(O)c(C(=O)c2cc(CC)c(O)c(CC)c2)c1. The van der Waals surface area contributed by atoms with Crippen molar-refractivity contribution in [3.63, 3.8) is 0 Å². The Morgan fingerprint density at radius 1 is 0.750 bits per heavy atom. The number of ketones is 1. The monoisotopic (exact) mass is 326 g/mol. The fourth-order valence-electron chi connectivity index (χ4n) is 2.99. The Hall–Kier alpha value is -2.29. The minimum absolute atomic E-state index is 0.0730. The van der Waals surface area contributed by atoms with Gasteiger partial charge in [-0.2, -0.15) is 0 Å². The van der Waals surface area contributed by atoms with Crippen LogP contribution in [0.5, 0.6) is 11.5 Å². The van der Waals surface area contributed by atoms with Gasteiger partial charge in [-0.15, -0.1) is 0 Å². The molecule has 2 rings (SSSR count). The molecule has 3 heteroatoms. The molecular weight excluding hydrogens is 300 g/mol. The summed E-state index contributed by atoms with van der Waals surface area (Å²) >= 11 is 0. The fraction of sp³-hybridized carbons (Fsp3) is 0.381. The highest BCUT2D eigenvalue weighted by atomic mass is 16.3. The van der Waals surface area contributed by atoms with Gasteiger partial charge in [-0.1, -0.05) is 33.8 Å². The molecule has 0 aromatic heterocycles. The molecule has 128 valence electrons. The summed E-state index contributed by atoms with van der Waals surface area (Å²) in [4.78, 5) is 13.0. The van der Waals surface area contributed by atoms with Gasteiger partial charge in [0.1, 0.15) is 11.5 Å². The van der Waals surface area contributed by atoms with Gasteiger partial charge in [-0.05, 0) is 66.1 Å². The number of aromatic hydroxyl groups is 2. The van der Waals surface area contributed by atoms with Gasteiger partial charge in [-0.25, -0.2) is 0 Å². The third-order valence-electron chi connectivity index (χ3n) is 4.57. The van der Waals surface area contributed by atoms with E-state index in [1.807, 2.05) is 33.8 Å². The third-order valence-corrected chi connectivity index (χ3v) is 4.57. The molecule has 0 unspecified atom stereocenters. The summed E-state index contributed by atoms with van der Waals surface area (Å²) in [5.74, 6) is 0.156. The summed E-state index contributed by atoms with van der Waals surface area (Å²) in [6.45, 7) is 7.90. The lowest BCUT2D eigenvalue weighted by atomic mass is 9.92. The highest BCUT2D eigenvalue weighted by molar-refractivity contribution is 6.11. The predicted octanol–water partition coefficient (Wildman–Crippen LogP) is 4.58. The summed E-state index contributed by atoms with van der Waals surface area (Å²) in [5.41, 5.74) is 4.23. The molecule has 0 aliphatic rings. The predicted molar refractivity (Wildman–Crippen MR) is 97.2 cm³/mol. The lowest BCUT2D eigenvalue weighted by Crippen LogP contribution is -2.06. The molecule has 0 amide bonds. The second-order valence-electron chi connectivity index (χ2n) is 6.04. The van der Waals surface area contributed by atoms with Crippen molar-refractivity contribution < 1.29 is 15.0 Å². The molecule has 2 aromatic rings. The lowest BCUT2D eigenvalue weighted by Gasteiger charge is -2.13. The number of phenolic OH excluding ortho intramolecular Hbond substituents is 2. The van der Waals surface area contributed by atoms with E-state index in [0.717, 1.165) is 28.7 Å². The molecule has 0 heterocycles. The molecular formula is C21H26O3. The Labute approximate surface area is 144 Å². The van der Waals surface area contributed by atoms with E-state index in [-0.39, 0.29) is 17.3 Å². The van der Waals surface area contributed by atoms with E-state index in [1.54, 1.807) is 18.2 Å². The minimum atomic E-state index is -0.193. The zero-order valence-corrected chi connectivity index (χ0v) is 14.9. The first-order chi connectivity index (χ1) is 11.5. The molecule has 0 radical (unpaired) electrons. The van der Waals surface area contributed by atoms with Crippen molar-refractivity contribution in [2.24, 2.45) is 0 Å². The fourth-order valence-corrected chi connectivity index (χ4v) is 2.99. The molecule has 0 aliphatic carbocycles.